The van der Waals surface area contributed by atoms with E-state index >= 15 is 0 Å². The van der Waals surface area contributed by atoms with E-state index in [0.29, 0.717) is 12.3 Å². The van der Waals surface area contributed by atoms with Crippen LogP contribution in [-0.2, 0) is 11.3 Å². The highest BCUT2D eigenvalue weighted by atomic mass is 16.6. The van der Waals surface area contributed by atoms with Crippen molar-refractivity contribution in [3.05, 3.63) is 33.9 Å². The number of nitrogens with zero attached hydrogens (tertiary/aromatic N) is 3. The average molecular weight is 337 g/mol. The minimum Gasteiger partial charge on any atom is -0.496 e. The van der Waals surface area contributed by atoms with E-state index < -0.39 is 10.9 Å². The van der Waals surface area contributed by atoms with Gasteiger partial charge in [0.2, 0.25) is 0 Å². The molecule has 1 fully saturated rings. The number of likely N-dealkylation sites (tertiary alicyclic amines) is 1. The van der Waals surface area contributed by atoms with Gasteiger partial charge in [0, 0.05) is 30.3 Å². The van der Waals surface area contributed by atoms with E-state index in [0.717, 1.165) is 31.5 Å². The lowest BCUT2D eigenvalue weighted by molar-refractivity contribution is -0.385. The van der Waals surface area contributed by atoms with Gasteiger partial charge in [0.1, 0.15) is 5.75 Å². The maximum atomic E-state index is 10.9. The zero-order valence-electron chi connectivity index (χ0n) is 14.0. The van der Waals surface area contributed by atoms with Crippen molar-refractivity contribution in [1.29, 1.82) is 0 Å². The Bertz CT molecular complexity index is 599. The maximum absolute atomic E-state index is 10.9. The van der Waals surface area contributed by atoms with Crippen LogP contribution in [0.4, 0.5) is 5.69 Å². The van der Waals surface area contributed by atoms with Crippen molar-refractivity contribution in [3.63, 3.8) is 0 Å². The van der Waals surface area contributed by atoms with Gasteiger partial charge in [0.25, 0.3) is 5.69 Å². The van der Waals surface area contributed by atoms with Crippen molar-refractivity contribution in [3.8, 4) is 5.75 Å². The SMILES string of the molecule is COc1ccc([N+](=O)[O-])cc1CN1CCC(N(C)CC(=O)O)CC1. The van der Waals surface area contributed by atoms with E-state index in [9.17, 15) is 14.9 Å². The lowest BCUT2D eigenvalue weighted by Crippen LogP contribution is -2.44. The van der Waals surface area contributed by atoms with Gasteiger partial charge in [-0.25, -0.2) is 0 Å². The normalized spacial score (nSPS) is 16.3. The summed E-state index contributed by atoms with van der Waals surface area (Å²) in [5.41, 5.74) is 0.853. The van der Waals surface area contributed by atoms with Crippen molar-refractivity contribution in [2.75, 3.05) is 33.8 Å². The van der Waals surface area contributed by atoms with Crippen LogP contribution in [0.5, 0.6) is 5.75 Å². The van der Waals surface area contributed by atoms with Crippen LogP contribution in [0.1, 0.15) is 18.4 Å². The molecule has 0 aliphatic carbocycles. The first kappa shape index (κ1) is 18.2. The van der Waals surface area contributed by atoms with Gasteiger partial charge in [-0.15, -0.1) is 0 Å². The molecule has 1 aliphatic heterocycles. The summed E-state index contributed by atoms with van der Waals surface area (Å²) in [6, 6.07) is 4.88. The number of carboxylic acids is 1. The Balaban J connectivity index is 1.97. The van der Waals surface area contributed by atoms with Gasteiger partial charge in [0.15, 0.2) is 0 Å². The first-order valence-corrected chi connectivity index (χ1v) is 7.86. The summed E-state index contributed by atoms with van der Waals surface area (Å²) in [6.07, 6.45) is 1.75. The number of carbonyl (C=O) groups is 1. The molecular weight excluding hydrogens is 314 g/mol. The fourth-order valence-corrected chi connectivity index (χ4v) is 3.10. The number of benzene rings is 1. The summed E-state index contributed by atoms with van der Waals surface area (Å²) in [6.45, 7) is 2.27. The molecule has 0 amide bonds. The van der Waals surface area contributed by atoms with Crippen molar-refractivity contribution in [2.45, 2.75) is 25.4 Å². The van der Waals surface area contributed by atoms with Crippen LogP contribution < -0.4 is 4.74 Å². The molecule has 1 aliphatic rings. The summed E-state index contributed by atoms with van der Waals surface area (Å²) in [7, 11) is 3.38. The molecule has 0 radical (unpaired) electrons. The summed E-state index contributed by atoms with van der Waals surface area (Å²) in [4.78, 5) is 25.4. The third-order valence-electron chi connectivity index (χ3n) is 4.43. The number of methoxy groups -OCH3 is 1. The number of non-ortho nitro benzene ring substituents is 1. The molecule has 1 heterocycles. The molecule has 1 aromatic carbocycles. The number of aliphatic carboxylic acids is 1. The fourth-order valence-electron chi connectivity index (χ4n) is 3.10. The molecule has 0 spiro atoms. The number of ether oxygens (including phenoxy) is 1. The molecule has 0 saturated carbocycles. The van der Waals surface area contributed by atoms with Crippen LogP contribution in [0.15, 0.2) is 18.2 Å². The Morgan fingerprint density at radius 3 is 2.67 bits per heavy atom. The second-order valence-electron chi connectivity index (χ2n) is 6.07. The van der Waals surface area contributed by atoms with Crippen LogP contribution in [0.3, 0.4) is 0 Å². The van der Waals surface area contributed by atoms with Gasteiger partial charge in [-0.1, -0.05) is 0 Å². The van der Waals surface area contributed by atoms with Gasteiger partial charge >= 0.3 is 5.97 Å². The van der Waals surface area contributed by atoms with Crippen molar-refractivity contribution in [1.82, 2.24) is 9.80 Å². The van der Waals surface area contributed by atoms with Crippen LogP contribution in [-0.4, -0.2) is 65.6 Å². The fraction of sp³-hybridized carbons (Fsp3) is 0.562. The molecule has 132 valence electrons. The Morgan fingerprint density at radius 2 is 2.12 bits per heavy atom. The molecule has 2 rings (SSSR count). The van der Waals surface area contributed by atoms with E-state index in [1.807, 2.05) is 11.9 Å². The largest absolute Gasteiger partial charge is 0.496 e. The minimum atomic E-state index is -0.818. The molecule has 24 heavy (non-hydrogen) atoms. The second-order valence-corrected chi connectivity index (χ2v) is 6.07. The Kier molecular flexibility index (Phi) is 6.10. The van der Waals surface area contributed by atoms with E-state index in [-0.39, 0.29) is 18.3 Å². The number of carboxylic acid groups (broad SMARTS) is 1. The predicted molar refractivity (Wildman–Crippen MR) is 88.2 cm³/mol. The average Bonchev–Trinajstić information content (AvgIpc) is 2.54. The molecule has 1 saturated heterocycles. The number of nitro benzene ring substituents is 1. The lowest BCUT2D eigenvalue weighted by atomic mass is 10.0. The smallest absolute Gasteiger partial charge is 0.317 e. The van der Waals surface area contributed by atoms with Crippen molar-refractivity contribution < 1.29 is 19.6 Å². The molecule has 0 bridgehead atoms. The van der Waals surface area contributed by atoms with Crippen LogP contribution >= 0.6 is 0 Å². The second kappa shape index (κ2) is 8.07. The molecule has 0 aromatic heterocycles. The van der Waals surface area contributed by atoms with Crippen LogP contribution in [0, 0.1) is 10.1 Å². The molecule has 1 N–H and O–H groups in total. The van der Waals surface area contributed by atoms with Gasteiger partial charge in [0.05, 0.1) is 18.6 Å². The quantitative estimate of drug-likeness (QED) is 0.596. The highest BCUT2D eigenvalue weighted by Gasteiger charge is 2.24. The topological polar surface area (TPSA) is 96.2 Å². The predicted octanol–water partition coefficient (Wildman–Crippen LogP) is 1.58. The highest BCUT2D eigenvalue weighted by molar-refractivity contribution is 5.69. The molecule has 8 heteroatoms. The summed E-state index contributed by atoms with van der Waals surface area (Å²) in [5, 5.41) is 19.8. The number of likely N-dealkylation sites (N-methyl/N-ethyl adjacent to an activating group) is 1. The summed E-state index contributed by atoms with van der Waals surface area (Å²) in [5.74, 6) is -0.174. The number of hydrogen-bond donors (Lipinski definition) is 1. The first-order valence-electron chi connectivity index (χ1n) is 7.86. The van der Waals surface area contributed by atoms with Crippen LogP contribution in [0.25, 0.3) is 0 Å². The number of piperidine rings is 1. The van der Waals surface area contributed by atoms with Gasteiger partial charge in [-0.05, 0) is 39.0 Å². The van der Waals surface area contributed by atoms with Crippen molar-refractivity contribution in [2.24, 2.45) is 0 Å². The first-order chi connectivity index (χ1) is 11.4. The summed E-state index contributed by atoms with van der Waals surface area (Å²) >= 11 is 0. The van der Waals surface area contributed by atoms with Crippen molar-refractivity contribution >= 4 is 11.7 Å². The Hall–Kier alpha value is -2.19. The maximum Gasteiger partial charge on any atom is 0.317 e. The third-order valence-corrected chi connectivity index (χ3v) is 4.43. The van der Waals surface area contributed by atoms with Crippen LogP contribution in [0.2, 0.25) is 0 Å². The molecule has 8 nitrogen and oxygen atoms in total. The zero-order chi connectivity index (χ0) is 17.7. The molecule has 0 unspecified atom stereocenters. The Labute approximate surface area is 140 Å². The third kappa shape index (κ3) is 4.65. The van der Waals surface area contributed by atoms with Gasteiger partial charge in [-0.2, -0.15) is 0 Å². The number of hydrogen-bond acceptors (Lipinski definition) is 6. The van der Waals surface area contributed by atoms with E-state index in [1.54, 1.807) is 19.2 Å². The van der Waals surface area contributed by atoms with Gasteiger partial charge in [-0.3, -0.25) is 24.7 Å². The standard InChI is InChI=1S/C16H23N3O5/c1-17(11-16(20)21)13-5-7-18(8-6-13)10-12-9-14(19(22)23)3-4-15(12)24-2/h3-4,9,13H,5-8,10-11H2,1-2H3,(H,20,21). The Morgan fingerprint density at radius 1 is 1.46 bits per heavy atom. The molecule has 1 aromatic rings. The highest BCUT2D eigenvalue weighted by Crippen LogP contribution is 2.26. The minimum absolute atomic E-state index is 0.0450. The lowest BCUT2D eigenvalue weighted by Gasteiger charge is -2.36. The molecule has 0 atom stereocenters. The number of rotatable bonds is 7. The monoisotopic (exact) mass is 337 g/mol. The van der Waals surface area contributed by atoms with Gasteiger partial charge < -0.3 is 9.84 Å². The van der Waals surface area contributed by atoms with E-state index in [2.05, 4.69) is 4.90 Å². The number of nitro groups is 1. The summed E-state index contributed by atoms with van der Waals surface area (Å²) < 4.78 is 5.30. The molecular formula is C16H23N3O5. The zero-order valence-corrected chi connectivity index (χ0v) is 14.0. The van der Waals surface area contributed by atoms with E-state index in [1.165, 1.54) is 6.07 Å². The van der Waals surface area contributed by atoms with E-state index in [4.69, 9.17) is 9.84 Å².